The van der Waals surface area contributed by atoms with Crippen molar-refractivity contribution in [1.82, 2.24) is 10.6 Å². The summed E-state index contributed by atoms with van der Waals surface area (Å²) in [4.78, 5) is 22.0. The van der Waals surface area contributed by atoms with E-state index in [-0.39, 0.29) is 11.7 Å². The Morgan fingerprint density at radius 2 is 2.13 bits per heavy atom. The number of amides is 3. The SMILES string of the molecule is O=C1NC(=O)C(Cc2cccc(O)c2)N1. The maximum Gasteiger partial charge on any atom is 0.322 e. The van der Waals surface area contributed by atoms with Gasteiger partial charge in [-0.15, -0.1) is 0 Å². The van der Waals surface area contributed by atoms with E-state index in [4.69, 9.17) is 0 Å². The van der Waals surface area contributed by atoms with Gasteiger partial charge >= 0.3 is 6.03 Å². The van der Waals surface area contributed by atoms with Crippen molar-refractivity contribution in [2.24, 2.45) is 0 Å². The third-order valence-corrected chi connectivity index (χ3v) is 2.21. The summed E-state index contributed by atoms with van der Waals surface area (Å²) in [5.74, 6) is -0.180. The molecule has 0 aliphatic carbocycles. The number of hydrogen-bond donors (Lipinski definition) is 3. The minimum Gasteiger partial charge on any atom is -0.508 e. The second kappa shape index (κ2) is 3.61. The molecule has 0 spiro atoms. The minimum absolute atomic E-state index is 0.150. The zero-order chi connectivity index (χ0) is 10.8. The predicted octanol–water partition coefficient (Wildman–Crippen LogP) is 0.143. The van der Waals surface area contributed by atoms with E-state index in [9.17, 15) is 14.7 Å². The molecule has 1 unspecified atom stereocenters. The van der Waals surface area contributed by atoms with Crippen molar-refractivity contribution < 1.29 is 14.7 Å². The number of benzene rings is 1. The molecule has 1 heterocycles. The van der Waals surface area contributed by atoms with Crippen LogP contribution in [0.1, 0.15) is 5.56 Å². The van der Waals surface area contributed by atoms with Crippen molar-refractivity contribution in [2.45, 2.75) is 12.5 Å². The van der Waals surface area contributed by atoms with Gasteiger partial charge in [-0.25, -0.2) is 4.79 Å². The van der Waals surface area contributed by atoms with Gasteiger partial charge in [0.2, 0.25) is 0 Å². The largest absolute Gasteiger partial charge is 0.508 e. The van der Waals surface area contributed by atoms with Crippen LogP contribution in [0.3, 0.4) is 0 Å². The lowest BCUT2D eigenvalue weighted by Crippen LogP contribution is -2.30. The number of aromatic hydroxyl groups is 1. The van der Waals surface area contributed by atoms with Crippen LogP contribution in [0.15, 0.2) is 24.3 Å². The van der Waals surface area contributed by atoms with Gasteiger partial charge in [0.1, 0.15) is 11.8 Å². The molecule has 0 radical (unpaired) electrons. The molecule has 5 heteroatoms. The fourth-order valence-corrected chi connectivity index (χ4v) is 1.52. The summed E-state index contributed by atoms with van der Waals surface area (Å²) in [6.45, 7) is 0. The molecule has 1 saturated heterocycles. The monoisotopic (exact) mass is 206 g/mol. The normalized spacial score (nSPS) is 19.9. The van der Waals surface area contributed by atoms with E-state index in [1.54, 1.807) is 24.3 Å². The minimum atomic E-state index is -0.542. The first kappa shape index (κ1) is 9.51. The Hall–Kier alpha value is -2.04. The van der Waals surface area contributed by atoms with Crippen molar-refractivity contribution in [3.63, 3.8) is 0 Å². The van der Waals surface area contributed by atoms with Crippen molar-refractivity contribution in [3.8, 4) is 5.75 Å². The lowest BCUT2D eigenvalue weighted by atomic mass is 10.1. The number of hydrogen-bond acceptors (Lipinski definition) is 3. The Morgan fingerprint density at radius 3 is 2.73 bits per heavy atom. The van der Waals surface area contributed by atoms with E-state index >= 15 is 0 Å². The Labute approximate surface area is 86.1 Å². The number of rotatable bonds is 2. The number of carbonyl (C=O) groups excluding carboxylic acids is 2. The average Bonchev–Trinajstić information content (AvgIpc) is 2.45. The van der Waals surface area contributed by atoms with Crippen LogP contribution in [0.25, 0.3) is 0 Å². The maximum absolute atomic E-state index is 11.2. The van der Waals surface area contributed by atoms with Crippen molar-refractivity contribution in [2.75, 3.05) is 0 Å². The smallest absolute Gasteiger partial charge is 0.322 e. The molecule has 0 saturated carbocycles. The molecule has 1 aliphatic heterocycles. The zero-order valence-electron chi connectivity index (χ0n) is 7.86. The number of phenols is 1. The van der Waals surface area contributed by atoms with Crippen molar-refractivity contribution >= 4 is 11.9 Å². The number of carbonyl (C=O) groups is 2. The number of nitrogens with one attached hydrogen (secondary N) is 2. The lowest BCUT2D eigenvalue weighted by Gasteiger charge is -2.06. The molecular weight excluding hydrogens is 196 g/mol. The highest BCUT2D eigenvalue weighted by Crippen LogP contribution is 2.13. The van der Waals surface area contributed by atoms with Crippen LogP contribution in [-0.4, -0.2) is 23.1 Å². The van der Waals surface area contributed by atoms with Gasteiger partial charge < -0.3 is 10.4 Å². The lowest BCUT2D eigenvalue weighted by molar-refractivity contribution is -0.120. The number of urea groups is 1. The summed E-state index contributed by atoms with van der Waals surface area (Å²) >= 11 is 0. The maximum atomic E-state index is 11.2. The van der Waals surface area contributed by atoms with E-state index in [2.05, 4.69) is 10.6 Å². The average molecular weight is 206 g/mol. The highest BCUT2D eigenvalue weighted by atomic mass is 16.3. The van der Waals surface area contributed by atoms with Gasteiger partial charge in [0.05, 0.1) is 0 Å². The Morgan fingerprint density at radius 1 is 1.33 bits per heavy atom. The second-order valence-corrected chi connectivity index (χ2v) is 3.39. The third kappa shape index (κ3) is 2.07. The summed E-state index contributed by atoms with van der Waals surface area (Å²) in [6, 6.07) is 5.59. The van der Waals surface area contributed by atoms with Gasteiger partial charge in [-0.2, -0.15) is 0 Å². The molecule has 2 rings (SSSR count). The van der Waals surface area contributed by atoms with Gasteiger partial charge in [-0.05, 0) is 17.7 Å². The van der Waals surface area contributed by atoms with Crippen LogP contribution in [0.2, 0.25) is 0 Å². The van der Waals surface area contributed by atoms with E-state index in [1.165, 1.54) is 0 Å². The summed E-state index contributed by atoms with van der Waals surface area (Å²) in [7, 11) is 0. The highest BCUT2D eigenvalue weighted by Gasteiger charge is 2.29. The first-order chi connectivity index (χ1) is 7.15. The predicted molar refractivity (Wildman–Crippen MR) is 52.3 cm³/mol. The fraction of sp³-hybridized carbons (Fsp3) is 0.200. The molecule has 3 N–H and O–H groups in total. The molecule has 15 heavy (non-hydrogen) atoms. The quantitative estimate of drug-likeness (QED) is 0.602. The van der Waals surface area contributed by atoms with Crippen LogP contribution in [0.5, 0.6) is 5.75 Å². The molecule has 3 amide bonds. The molecule has 1 aromatic carbocycles. The van der Waals surface area contributed by atoms with Crippen LogP contribution in [-0.2, 0) is 11.2 Å². The van der Waals surface area contributed by atoms with Gasteiger partial charge in [0, 0.05) is 6.42 Å². The van der Waals surface area contributed by atoms with E-state index in [1.807, 2.05) is 0 Å². The number of imide groups is 1. The Kier molecular flexibility index (Phi) is 2.29. The van der Waals surface area contributed by atoms with E-state index in [0.717, 1.165) is 5.56 Å². The van der Waals surface area contributed by atoms with Crippen molar-refractivity contribution in [1.29, 1.82) is 0 Å². The molecule has 1 atom stereocenters. The number of phenolic OH excluding ortho intramolecular Hbond substituents is 1. The van der Waals surface area contributed by atoms with E-state index < -0.39 is 12.1 Å². The van der Waals surface area contributed by atoms with Crippen LogP contribution in [0, 0.1) is 0 Å². The molecule has 1 aromatic rings. The van der Waals surface area contributed by atoms with Crippen molar-refractivity contribution in [3.05, 3.63) is 29.8 Å². The molecule has 5 nitrogen and oxygen atoms in total. The first-order valence-electron chi connectivity index (χ1n) is 4.54. The fourth-order valence-electron chi connectivity index (χ4n) is 1.52. The summed E-state index contributed by atoms with van der Waals surface area (Å²) in [6.07, 6.45) is 0.381. The standard InChI is InChI=1S/C10H10N2O3/c13-7-3-1-2-6(4-7)5-8-9(14)12-10(15)11-8/h1-4,8,13H,5H2,(H2,11,12,14,15). The molecule has 78 valence electrons. The molecule has 1 aliphatic rings. The molecule has 0 bridgehead atoms. The Balaban J connectivity index is 2.09. The highest BCUT2D eigenvalue weighted by molar-refractivity contribution is 6.04. The van der Waals surface area contributed by atoms with Gasteiger partial charge in [-0.1, -0.05) is 12.1 Å². The zero-order valence-corrected chi connectivity index (χ0v) is 7.86. The summed E-state index contributed by atoms with van der Waals surface area (Å²) in [5, 5.41) is 13.9. The van der Waals surface area contributed by atoms with Crippen LogP contribution >= 0.6 is 0 Å². The van der Waals surface area contributed by atoms with Gasteiger partial charge in [-0.3, -0.25) is 10.1 Å². The molecular formula is C10H10N2O3. The topological polar surface area (TPSA) is 78.4 Å². The van der Waals surface area contributed by atoms with Crippen LogP contribution in [0.4, 0.5) is 4.79 Å². The second-order valence-electron chi connectivity index (χ2n) is 3.39. The molecule has 1 fully saturated rings. The first-order valence-corrected chi connectivity index (χ1v) is 4.54. The third-order valence-electron chi connectivity index (χ3n) is 2.21. The van der Waals surface area contributed by atoms with E-state index in [0.29, 0.717) is 6.42 Å². The molecule has 0 aromatic heterocycles. The summed E-state index contributed by atoms with van der Waals surface area (Å²) < 4.78 is 0. The van der Waals surface area contributed by atoms with Gasteiger partial charge in [0.25, 0.3) is 5.91 Å². The Bertz CT molecular complexity index is 417. The van der Waals surface area contributed by atoms with Gasteiger partial charge in [0.15, 0.2) is 0 Å². The van der Waals surface area contributed by atoms with Crippen LogP contribution < -0.4 is 10.6 Å². The summed E-state index contributed by atoms with van der Waals surface area (Å²) in [5.41, 5.74) is 0.803.